The molecule has 1 unspecified atom stereocenters. The van der Waals surface area contributed by atoms with Gasteiger partial charge in [0.1, 0.15) is 0 Å². The standard InChI is InChI=1S/C9H16N4O/c1-6-11-8(14-13-6)12-9(2,5-10)7-3-4-7/h7H,3-5,10H2,1-2H3,(H,11,12,13). The van der Waals surface area contributed by atoms with E-state index in [1.54, 1.807) is 6.92 Å². The fourth-order valence-corrected chi connectivity index (χ4v) is 1.63. The molecule has 1 aromatic heterocycles. The Morgan fingerprint density at radius 1 is 1.64 bits per heavy atom. The molecule has 1 atom stereocenters. The second-order valence-corrected chi connectivity index (χ2v) is 4.17. The summed E-state index contributed by atoms with van der Waals surface area (Å²) in [6.07, 6.45) is 2.46. The summed E-state index contributed by atoms with van der Waals surface area (Å²) in [5.41, 5.74) is 5.65. The molecule has 0 aliphatic heterocycles. The van der Waals surface area contributed by atoms with Gasteiger partial charge in [-0.25, -0.2) is 0 Å². The van der Waals surface area contributed by atoms with Crippen molar-refractivity contribution in [1.29, 1.82) is 0 Å². The van der Waals surface area contributed by atoms with Crippen LogP contribution in [0.25, 0.3) is 0 Å². The van der Waals surface area contributed by atoms with Crippen LogP contribution in [0.5, 0.6) is 0 Å². The summed E-state index contributed by atoms with van der Waals surface area (Å²) in [7, 11) is 0. The lowest BCUT2D eigenvalue weighted by Crippen LogP contribution is -2.44. The monoisotopic (exact) mass is 196 g/mol. The van der Waals surface area contributed by atoms with Gasteiger partial charge in [-0.05, 0) is 32.6 Å². The van der Waals surface area contributed by atoms with Gasteiger partial charge in [0, 0.05) is 6.54 Å². The van der Waals surface area contributed by atoms with E-state index in [-0.39, 0.29) is 5.54 Å². The van der Waals surface area contributed by atoms with E-state index in [9.17, 15) is 0 Å². The number of nitrogens with one attached hydrogen (secondary N) is 1. The maximum Gasteiger partial charge on any atom is 0.321 e. The Morgan fingerprint density at radius 2 is 2.36 bits per heavy atom. The van der Waals surface area contributed by atoms with Crippen molar-refractivity contribution in [1.82, 2.24) is 10.1 Å². The predicted molar refractivity (Wildman–Crippen MR) is 52.8 cm³/mol. The molecule has 1 saturated carbocycles. The zero-order valence-corrected chi connectivity index (χ0v) is 8.58. The van der Waals surface area contributed by atoms with E-state index in [0.717, 1.165) is 0 Å². The van der Waals surface area contributed by atoms with E-state index in [2.05, 4.69) is 22.4 Å². The Morgan fingerprint density at radius 3 is 2.79 bits per heavy atom. The molecule has 1 aliphatic carbocycles. The minimum atomic E-state index is -0.0982. The molecular formula is C9H16N4O. The topological polar surface area (TPSA) is 77.0 Å². The molecule has 5 heteroatoms. The molecule has 0 amide bonds. The van der Waals surface area contributed by atoms with E-state index >= 15 is 0 Å². The van der Waals surface area contributed by atoms with E-state index in [1.807, 2.05) is 0 Å². The molecule has 78 valence electrons. The first-order valence-electron chi connectivity index (χ1n) is 4.92. The largest absolute Gasteiger partial charge is 0.331 e. The zero-order valence-electron chi connectivity index (χ0n) is 8.58. The lowest BCUT2D eigenvalue weighted by atomic mass is 9.96. The highest BCUT2D eigenvalue weighted by Gasteiger charge is 2.41. The Hall–Kier alpha value is -1.10. The van der Waals surface area contributed by atoms with Gasteiger partial charge in [0.05, 0.1) is 5.54 Å². The van der Waals surface area contributed by atoms with Crippen LogP contribution in [0.2, 0.25) is 0 Å². The number of nitrogens with two attached hydrogens (primary N) is 1. The molecule has 1 aromatic rings. The number of anilines is 1. The van der Waals surface area contributed by atoms with E-state index < -0.39 is 0 Å². The van der Waals surface area contributed by atoms with Crippen LogP contribution < -0.4 is 11.1 Å². The van der Waals surface area contributed by atoms with Crippen LogP contribution in [0.3, 0.4) is 0 Å². The lowest BCUT2D eigenvalue weighted by molar-refractivity contribution is 0.390. The third-order valence-electron chi connectivity index (χ3n) is 2.82. The zero-order chi connectivity index (χ0) is 10.2. The highest BCUT2D eigenvalue weighted by molar-refractivity contribution is 5.27. The molecule has 2 rings (SSSR count). The quantitative estimate of drug-likeness (QED) is 0.748. The molecule has 0 aromatic carbocycles. The van der Waals surface area contributed by atoms with Crippen molar-refractivity contribution in [3.63, 3.8) is 0 Å². The van der Waals surface area contributed by atoms with Gasteiger partial charge in [0.25, 0.3) is 0 Å². The number of rotatable bonds is 4. The third-order valence-corrected chi connectivity index (χ3v) is 2.82. The molecule has 1 fully saturated rings. The molecule has 0 saturated heterocycles. The van der Waals surface area contributed by atoms with Crippen LogP contribution in [0.1, 0.15) is 25.6 Å². The van der Waals surface area contributed by atoms with Crippen molar-refractivity contribution in [2.45, 2.75) is 32.2 Å². The van der Waals surface area contributed by atoms with Crippen LogP contribution in [0.15, 0.2) is 4.52 Å². The second-order valence-electron chi connectivity index (χ2n) is 4.17. The number of hydrogen-bond donors (Lipinski definition) is 2. The molecule has 0 spiro atoms. The molecule has 0 radical (unpaired) electrons. The maximum atomic E-state index is 5.75. The molecule has 0 bridgehead atoms. The van der Waals surface area contributed by atoms with Gasteiger partial charge in [-0.1, -0.05) is 5.16 Å². The minimum absolute atomic E-state index is 0.0982. The summed E-state index contributed by atoms with van der Waals surface area (Å²) < 4.78 is 5.01. The molecule has 5 nitrogen and oxygen atoms in total. The summed E-state index contributed by atoms with van der Waals surface area (Å²) in [6, 6.07) is 0.474. The van der Waals surface area contributed by atoms with Crippen molar-refractivity contribution in [2.24, 2.45) is 11.7 Å². The fraction of sp³-hybridized carbons (Fsp3) is 0.778. The normalized spacial score (nSPS) is 20.5. The Bertz CT molecular complexity index is 320. The second kappa shape index (κ2) is 3.24. The van der Waals surface area contributed by atoms with Gasteiger partial charge in [-0.2, -0.15) is 4.98 Å². The third kappa shape index (κ3) is 1.72. The lowest BCUT2D eigenvalue weighted by Gasteiger charge is -2.27. The predicted octanol–water partition coefficient (Wildman–Crippen LogP) is 0.917. The average molecular weight is 196 g/mol. The van der Waals surface area contributed by atoms with Crippen LogP contribution in [-0.2, 0) is 0 Å². The van der Waals surface area contributed by atoms with Crippen LogP contribution >= 0.6 is 0 Å². The fourth-order valence-electron chi connectivity index (χ4n) is 1.63. The maximum absolute atomic E-state index is 5.75. The average Bonchev–Trinajstić information content (AvgIpc) is 2.93. The number of nitrogens with zero attached hydrogens (tertiary/aromatic N) is 2. The smallest absolute Gasteiger partial charge is 0.321 e. The molecule has 1 heterocycles. The Labute approximate surface area is 83.1 Å². The highest BCUT2D eigenvalue weighted by Crippen LogP contribution is 2.40. The Kier molecular flexibility index (Phi) is 2.19. The van der Waals surface area contributed by atoms with E-state index in [4.69, 9.17) is 10.3 Å². The molecule has 1 aliphatic rings. The summed E-state index contributed by atoms with van der Waals surface area (Å²) in [4.78, 5) is 4.11. The summed E-state index contributed by atoms with van der Waals surface area (Å²) in [6.45, 7) is 4.48. The highest BCUT2D eigenvalue weighted by atomic mass is 16.5. The molecular weight excluding hydrogens is 180 g/mol. The first kappa shape index (κ1) is 9.45. The minimum Gasteiger partial charge on any atom is -0.331 e. The van der Waals surface area contributed by atoms with Crippen LogP contribution in [-0.4, -0.2) is 22.2 Å². The van der Waals surface area contributed by atoms with Crippen molar-refractivity contribution >= 4 is 6.01 Å². The van der Waals surface area contributed by atoms with Gasteiger partial charge >= 0.3 is 6.01 Å². The SMILES string of the molecule is Cc1noc(NC(C)(CN)C2CC2)n1. The Balaban J connectivity index is 2.07. The molecule has 14 heavy (non-hydrogen) atoms. The summed E-state index contributed by atoms with van der Waals surface area (Å²) in [5, 5.41) is 6.95. The number of aromatic nitrogens is 2. The van der Waals surface area contributed by atoms with Crippen molar-refractivity contribution in [3.05, 3.63) is 5.82 Å². The van der Waals surface area contributed by atoms with Gasteiger partial charge in [-0.3, -0.25) is 0 Å². The van der Waals surface area contributed by atoms with Gasteiger partial charge in [0.2, 0.25) is 0 Å². The van der Waals surface area contributed by atoms with Gasteiger partial charge in [0.15, 0.2) is 5.82 Å². The first-order chi connectivity index (χ1) is 6.64. The van der Waals surface area contributed by atoms with Crippen molar-refractivity contribution in [3.8, 4) is 0 Å². The van der Waals surface area contributed by atoms with Gasteiger partial charge < -0.3 is 15.6 Å². The van der Waals surface area contributed by atoms with Crippen molar-refractivity contribution < 1.29 is 4.52 Å². The van der Waals surface area contributed by atoms with E-state index in [0.29, 0.717) is 24.3 Å². The van der Waals surface area contributed by atoms with Crippen molar-refractivity contribution in [2.75, 3.05) is 11.9 Å². The number of hydrogen-bond acceptors (Lipinski definition) is 5. The van der Waals surface area contributed by atoms with Crippen LogP contribution in [0, 0.1) is 12.8 Å². The van der Waals surface area contributed by atoms with Gasteiger partial charge in [-0.15, -0.1) is 0 Å². The number of aryl methyl sites for hydroxylation is 1. The molecule has 3 N–H and O–H groups in total. The first-order valence-corrected chi connectivity index (χ1v) is 4.92. The van der Waals surface area contributed by atoms with Crippen LogP contribution in [0.4, 0.5) is 6.01 Å². The summed E-state index contributed by atoms with van der Waals surface area (Å²) in [5.74, 6) is 1.28. The summed E-state index contributed by atoms with van der Waals surface area (Å²) >= 11 is 0. The van der Waals surface area contributed by atoms with E-state index in [1.165, 1.54) is 12.8 Å².